The van der Waals surface area contributed by atoms with Crippen LogP contribution >= 0.6 is 0 Å². The molecule has 5 aromatic heterocycles. The fraction of sp³-hybridized carbons (Fsp3) is 0.217. The van der Waals surface area contributed by atoms with E-state index in [0.717, 1.165) is 70.5 Å². The topological polar surface area (TPSA) is 95.2 Å². The van der Waals surface area contributed by atoms with E-state index >= 15 is 0 Å². The molecule has 7 nitrogen and oxygen atoms in total. The molecule has 1 aliphatic rings. The molecule has 0 saturated carbocycles. The van der Waals surface area contributed by atoms with Crippen molar-refractivity contribution < 1.29 is 0 Å². The maximum atomic E-state index is 4.62. The third-order valence-corrected chi connectivity index (χ3v) is 6.03. The molecule has 3 N–H and O–H groups in total. The molecule has 148 valence electrons. The van der Waals surface area contributed by atoms with Crippen molar-refractivity contribution in [2.45, 2.75) is 18.8 Å². The molecule has 0 spiro atoms. The Kier molecular flexibility index (Phi) is 4.06. The first-order valence-electron chi connectivity index (χ1n) is 10.3. The first-order chi connectivity index (χ1) is 14.9. The highest BCUT2D eigenvalue weighted by molar-refractivity contribution is 5.99. The van der Waals surface area contributed by atoms with E-state index in [9.17, 15) is 0 Å². The average Bonchev–Trinajstić information content (AvgIpc) is 3.43. The van der Waals surface area contributed by atoms with Crippen LogP contribution in [0.2, 0.25) is 0 Å². The van der Waals surface area contributed by atoms with Crippen LogP contribution in [0, 0.1) is 0 Å². The summed E-state index contributed by atoms with van der Waals surface area (Å²) < 4.78 is 0. The lowest BCUT2D eigenvalue weighted by Crippen LogP contribution is -2.26. The SMILES string of the molecule is c1cc(-c2ccnc3[nH]c(-c4[nH]nc5ncc(C6CCNCC6)cc45)cc23)ccn1. The fourth-order valence-electron chi connectivity index (χ4n) is 4.44. The van der Waals surface area contributed by atoms with E-state index < -0.39 is 0 Å². The van der Waals surface area contributed by atoms with Crippen molar-refractivity contribution in [3.8, 4) is 22.5 Å². The second kappa shape index (κ2) is 7.03. The van der Waals surface area contributed by atoms with E-state index in [2.05, 4.69) is 47.6 Å². The highest BCUT2D eigenvalue weighted by Gasteiger charge is 2.19. The molecule has 5 aromatic rings. The quantitative estimate of drug-likeness (QED) is 0.429. The Hall–Kier alpha value is -3.58. The third kappa shape index (κ3) is 2.86. The molecule has 6 heterocycles. The minimum absolute atomic E-state index is 0.550. The number of aromatic nitrogens is 6. The van der Waals surface area contributed by atoms with Gasteiger partial charge < -0.3 is 10.3 Å². The van der Waals surface area contributed by atoms with E-state index in [0.29, 0.717) is 5.92 Å². The first kappa shape index (κ1) is 17.3. The molecule has 0 bridgehead atoms. The summed E-state index contributed by atoms with van der Waals surface area (Å²) in [6, 6.07) is 10.5. The number of hydrogen-bond acceptors (Lipinski definition) is 5. The van der Waals surface area contributed by atoms with Crippen molar-refractivity contribution in [2.24, 2.45) is 0 Å². The zero-order chi connectivity index (χ0) is 19.9. The van der Waals surface area contributed by atoms with Gasteiger partial charge in [0.2, 0.25) is 0 Å². The molecule has 0 unspecified atom stereocenters. The lowest BCUT2D eigenvalue weighted by Gasteiger charge is -2.22. The van der Waals surface area contributed by atoms with Gasteiger partial charge in [-0.15, -0.1) is 0 Å². The number of aromatic amines is 2. The summed E-state index contributed by atoms with van der Waals surface area (Å²) in [6.07, 6.45) is 9.73. The molecule has 1 saturated heterocycles. The smallest absolute Gasteiger partial charge is 0.181 e. The van der Waals surface area contributed by atoms with Gasteiger partial charge in [0, 0.05) is 35.6 Å². The van der Waals surface area contributed by atoms with Gasteiger partial charge in [-0.05, 0) is 78.9 Å². The van der Waals surface area contributed by atoms with Gasteiger partial charge in [0.25, 0.3) is 0 Å². The van der Waals surface area contributed by atoms with Crippen molar-refractivity contribution in [3.63, 3.8) is 0 Å². The molecular weight excluding hydrogens is 374 g/mol. The van der Waals surface area contributed by atoms with Crippen LogP contribution in [0.15, 0.2) is 55.1 Å². The van der Waals surface area contributed by atoms with Crippen molar-refractivity contribution in [2.75, 3.05) is 13.1 Å². The molecule has 0 aliphatic carbocycles. The standard InChI is InChI=1S/C23H21N7/c1-6-24-7-2-14(1)16-11-19-21(29-30-23(19)27-13-16)20-12-18-17(5-10-26-22(18)28-20)15-3-8-25-9-4-15/h3-5,8-14,24H,1-2,6-7H2,(H,26,28)(H,27,29,30). The maximum Gasteiger partial charge on any atom is 0.181 e. The van der Waals surface area contributed by atoms with Gasteiger partial charge in [-0.3, -0.25) is 10.1 Å². The van der Waals surface area contributed by atoms with Crippen molar-refractivity contribution in [3.05, 3.63) is 60.7 Å². The number of pyridine rings is 3. The Morgan fingerprint density at radius 3 is 2.63 bits per heavy atom. The van der Waals surface area contributed by atoms with Gasteiger partial charge in [-0.2, -0.15) is 5.10 Å². The number of piperidine rings is 1. The Bertz CT molecular complexity index is 1330. The zero-order valence-corrected chi connectivity index (χ0v) is 16.4. The highest BCUT2D eigenvalue weighted by Crippen LogP contribution is 2.34. The van der Waals surface area contributed by atoms with Gasteiger partial charge in [-0.1, -0.05) is 0 Å². The van der Waals surface area contributed by atoms with Crippen LogP contribution in [0.25, 0.3) is 44.6 Å². The summed E-state index contributed by atoms with van der Waals surface area (Å²) in [5, 5.41) is 13.2. The third-order valence-electron chi connectivity index (χ3n) is 6.03. The lowest BCUT2D eigenvalue weighted by atomic mass is 9.91. The molecule has 30 heavy (non-hydrogen) atoms. The monoisotopic (exact) mass is 395 g/mol. The second-order valence-corrected chi connectivity index (χ2v) is 7.80. The van der Waals surface area contributed by atoms with E-state index in [1.165, 1.54) is 5.56 Å². The Morgan fingerprint density at radius 2 is 1.77 bits per heavy atom. The predicted octanol–water partition coefficient (Wildman–Crippen LogP) is 4.03. The summed E-state index contributed by atoms with van der Waals surface area (Å²) in [7, 11) is 0. The van der Waals surface area contributed by atoms with Gasteiger partial charge in [-0.25, -0.2) is 9.97 Å². The molecule has 1 aliphatic heterocycles. The zero-order valence-electron chi connectivity index (χ0n) is 16.4. The first-order valence-corrected chi connectivity index (χ1v) is 10.3. The average molecular weight is 395 g/mol. The maximum absolute atomic E-state index is 4.62. The number of nitrogens with zero attached hydrogens (tertiary/aromatic N) is 4. The number of fused-ring (bicyclic) bond motifs is 2. The highest BCUT2D eigenvalue weighted by atomic mass is 15.2. The Morgan fingerprint density at radius 1 is 0.900 bits per heavy atom. The molecule has 1 fully saturated rings. The lowest BCUT2D eigenvalue weighted by molar-refractivity contribution is 0.460. The van der Waals surface area contributed by atoms with Gasteiger partial charge in [0.1, 0.15) is 5.65 Å². The summed E-state index contributed by atoms with van der Waals surface area (Å²) in [4.78, 5) is 16.8. The van der Waals surface area contributed by atoms with Crippen LogP contribution in [-0.2, 0) is 0 Å². The van der Waals surface area contributed by atoms with E-state index in [1.54, 1.807) is 0 Å². The summed E-state index contributed by atoms with van der Waals surface area (Å²) in [6.45, 7) is 2.12. The molecule has 7 heteroatoms. The van der Waals surface area contributed by atoms with Crippen LogP contribution in [0.3, 0.4) is 0 Å². The molecule has 6 rings (SSSR count). The Balaban J connectivity index is 1.47. The van der Waals surface area contributed by atoms with E-state index in [1.807, 2.05) is 43.0 Å². The van der Waals surface area contributed by atoms with Crippen LogP contribution in [0.4, 0.5) is 0 Å². The predicted molar refractivity (Wildman–Crippen MR) is 117 cm³/mol. The minimum Gasteiger partial charge on any atom is -0.338 e. The molecule has 0 amide bonds. The molecule has 0 radical (unpaired) electrons. The van der Waals surface area contributed by atoms with Crippen LogP contribution < -0.4 is 5.32 Å². The van der Waals surface area contributed by atoms with Gasteiger partial charge in [0.05, 0.1) is 11.4 Å². The summed E-state index contributed by atoms with van der Waals surface area (Å²) in [5.41, 5.74) is 7.04. The minimum atomic E-state index is 0.550. The van der Waals surface area contributed by atoms with E-state index in [4.69, 9.17) is 0 Å². The van der Waals surface area contributed by atoms with Crippen molar-refractivity contribution >= 4 is 22.1 Å². The molecule has 0 aromatic carbocycles. The molecule has 0 atom stereocenters. The van der Waals surface area contributed by atoms with Crippen LogP contribution in [-0.4, -0.2) is 43.2 Å². The summed E-state index contributed by atoms with van der Waals surface area (Å²) in [5.74, 6) is 0.550. The number of nitrogens with one attached hydrogen (secondary N) is 3. The number of rotatable bonds is 3. The largest absolute Gasteiger partial charge is 0.338 e. The van der Waals surface area contributed by atoms with Gasteiger partial charge in [0.15, 0.2) is 5.65 Å². The van der Waals surface area contributed by atoms with Crippen molar-refractivity contribution in [1.82, 2.24) is 35.5 Å². The molecular formula is C23H21N7. The number of H-pyrrole nitrogens is 2. The fourth-order valence-corrected chi connectivity index (χ4v) is 4.44. The van der Waals surface area contributed by atoms with E-state index in [-0.39, 0.29) is 0 Å². The number of hydrogen-bond donors (Lipinski definition) is 3. The van der Waals surface area contributed by atoms with Crippen molar-refractivity contribution in [1.29, 1.82) is 0 Å². The normalized spacial score (nSPS) is 15.2. The Labute approximate surface area is 173 Å². The second-order valence-electron chi connectivity index (χ2n) is 7.80. The van der Waals surface area contributed by atoms with Crippen LogP contribution in [0.1, 0.15) is 24.3 Å². The summed E-state index contributed by atoms with van der Waals surface area (Å²) >= 11 is 0. The van der Waals surface area contributed by atoms with Gasteiger partial charge >= 0.3 is 0 Å². The van der Waals surface area contributed by atoms with Crippen LogP contribution in [0.5, 0.6) is 0 Å².